The highest BCUT2D eigenvalue weighted by Crippen LogP contribution is 2.34. The predicted octanol–water partition coefficient (Wildman–Crippen LogP) is 3.46. The van der Waals surface area contributed by atoms with E-state index in [1.807, 2.05) is 30.9 Å². The SMILES string of the molecule is Cc1ncccc1NC1=NC2CCCCC2CS1. The summed E-state index contributed by atoms with van der Waals surface area (Å²) < 4.78 is 0. The van der Waals surface area contributed by atoms with Gasteiger partial charge < -0.3 is 5.32 Å². The Morgan fingerprint density at radius 3 is 3.11 bits per heavy atom. The van der Waals surface area contributed by atoms with Crippen molar-refractivity contribution in [3.63, 3.8) is 0 Å². The number of aromatic nitrogens is 1. The third-order valence-electron chi connectivity index (χ3n) is 3.83. The highest BCUT2D eigenvalue weighted by atomic mass is 32.2. The molecular weight excluding hydrogens is 242 g/mol. The second kappa shape index (κ2) is 5.31. The molecule has 2 heterocycles. The summed E-state index contributed by atoms with van der Waals surface area (Å²) in [5.41, 5.74) is 2.12. The summed E-state index contributed by atoms with van der Waals surface area (Å²) in [7, 11) is 0. The molecule has 2 aliphatic rings. The molecule has 4 heteroatoms. The summed E-state index contributed by atoms with van der Waals surface area (Å²) in [6.45, 7) is 2.03. The third kappa shape index (κ3) is 2.53. The van der Waals surface area contributed by atoms with Crippen molar-refractivity contribution < 1.29 is 0 Å². The molecule has 2 atom stereocenters. The van der Waals surface area contributed by atoms with Crippen LogP contribution in [0.3, 0.4) is 0 Å². The van der Waals surface area contributed by atoms with Gasteiger partial charge in [-0.05, 0) is 37.8 Å². The summed E-state index contributed by atoms with van der Waals surface area (Å²) >= 11 is 1.86. The first kappa shape index (κ1) is 12.0. The van der Waals surface area contributed by atoms with Crippen molar-refractivity contribution in [2.75, 3.05) is 11.1 Å². The van der Waals surface area contributed by atoms with Crippen LogP contribution in [0.15, 0.2) is 23.3 Å². The molecule has 3 nitrogen and oxygen atoms in total. The molecule has 1 N–H and O–H groups in total. The van der Waals surface area contributed by atoms with Crippen LogP contribution in [0.25, 0.3) is 0 Å². The van der Waals surface area contributed by atoms with E-state index in [2.05, 4.69) is 16.4 Å². The van der Waals surface area contributed by atoms with Gasteiger partial charge >= 0.3 is 0 Å². The van der Waals surface area contributed by atoms with Crippen LogP contribution in [0.2, 0.25) is 0 Å². The molecule has 1 fully saturated rings. The second-order valence-corrected chi connectivity index (χ2v) is 6.13. The number of hydrogen-bond acceptors (Lipinski definition) is 4. The highest BCUT2D eigenvalue weighted by molar-refractivity contribution is 8.14. The van der Waals surface area contributed by atoms with Crippen LogP contribution in [0.5, 0.6) is 0 Å². The number of nitrogens with one attached hydrogen (secondary N) is 1. The number of rotatable bonds is 1. The summed E-state index contributed by atoms with van der Waals surface area (Å²) in [6.07, 6.45) is 7.19. The topological polar surface area (TPSA) is 37.3 Å². The van der Waals surface area contributed by atoms with Gasteiger partial charge in [0.2, 0.25) is 0 Å². The molecule has 1 aromatic heterocycles. The number of pyridine rings is 1. The average molecular weight is 261 g/mol. The normalized spacial score (nSPS) is 27.3. The summed E-state index contributed by atoms with van der Waals surface area (Å²) in [5.74, 6) is 2.03. The molecule has 1 aromatic rings. The van der Waals surface area contributed by atoms with E-state index in [1.54, 1.807) is 0 Å². The Balaban J connectivity index is 1.73. The number of aryl methyl sites for hydroxylation is 1. The minimum absolute atomic E-state index is 0.555. The van der Waals surface area contributed by atoms with Crippen LogP contribution in [-0.4, -0.2) is 21.9 Å². The van der Waals surface area contributed by atoms with Crippen molar-refractivity contribution >= 4 is 22.6 Å². The Morgan fingerprint density at radius 1 is 1.33 bits per heavy atom. The summed E-state index contributed by atoms with van der Waals surface area (Å²) in [4.78, 5) is 9.18. The molecule has 0 bridgehead atoms. The maximum Gasteiger partial charge on any atom is 0.161 e. The van der Waals surface area contributed by atoms with Crippen molar-refractivity contribution in [3.8, 4) is 0 Å². The van der Waals surface area contributed by atoms with E-state index in [-0.39, 0.29) is 0 Å². The first-order valence-electron chi connectivity index (χ1n) is 6.72. The number of aliphatic imine (C=N–C) groups is 1. The van der Waals surface area contributed by atoms with Crippen LogP contribution in [0.4, 0.5) is 5.69 Å². The number of hydrogen-bond donors (Lipinski definition) is 1. The lowest BCUT2D eigenvalue weighted by Gasteiger charge is -2.32. The number of nitrogens with zero attached hydrogens (tertiary/aromatic N) is 2. The predicted molar refractivity (Wildman–Crippen MR) is 78.2 cm³/mol. The Labute approximate surface area is 112 Å². The lowest BCUT2D eigenvalue weighted by Crippen LogP contribution is -2.31. The molecule has 0 amide bonds. The lowest BCUT2D eigenvalue weighted by molar-refractivity contribution is 0.336. The van der Waals surface area contributed by atoms with Gasteiger partial charge in [-0.1, -0.05) is 24.6 Å². The van der Waals surface area contributed by atoms with E-state index in [0.29, 0.717) is 6.04 Å². The van der Waals surface area contributed by atoms with Gasteiger partial charge in [-0.15, -0.1) is 0 Å². The molecule has 1 saturated carbocycles. The summed E-state index contributed by atoms with van der Waals surface area (Å²) in [6, 6.07) is 4.59. The van der Waals surface area contributed by atoms with Gasteiger partial charge in [0.25, 0.3) is 0 Å². The largest absolute Gasteiger partial charge is 0.333 e. The van der Waals surface area contributed by atoms with E-state index in [1.165, 1.54) is 31.4 Å². The summed E-state index contributed by atoms with van der Waals surface area (Å²) in [5, 5.41) is 4.51. The monoisotopic (exact) mass is 261 g/mol. The Hall–Kier alpha value is -1.03. The molecule has 3 rings (SSSR count). The molecule has 0 spiro atoms. The Kier molecular flexibility index (Phi) is 3.55. The minimum atomic E-state index is 0.555. The van der Waals surface area contributed by atoms with E-state index >= 15 is 0 Å². The molecule has 0 saturated heterocycles. The van der Waals surface area contributed by atoms with E-state index in [0.717, 1.165) is 22.5 Å². The zero-order chi connectivity index (χ0) is 12.4. The van der Waals surface area contributed by atoms with E-state index in [9.17, 15) is 0 Å². The van der Waals surface area contributed by atoms with Crippen LogP contribution in [-0.2, 0) is 0 Å². The number of anilines is 1. The van der Waals surface area contributed by atoms with Crippen LogP contribution in [0, 0.1) is 12.8 Å². The molecule has 96 valence electrons. The molecule has 2 unspecified atom stereocenters. The number of fused-ring (bicyclic) bond motifs is 1. The molecule has 0 radical (unpaired) electrons. The highest BCUT2D eigenvalue weighted by Gasteiger charge is 2.29. The number of amidine groups is 1. The first-order chi connectivity index (χ1) is 8.83. The quantitative estimate of drug-likeness (QED) is 0.841. The van der Waals surface area contributed by atoms with Gasteiger partial charge in [0.1, 0.15) is 0 Å². The molecule has 0 aromatic carbocycles. The molecular formula is C14H19N3S. The van der Waals surface area contributed by atoms with Gasteiger partial charge in [0.05, 0.1) is 17.4 Å². The van der Waals surface area contributed by atoms with Crippen molar-refractivity contribution in [1.29, 1.82) is 0 Å². The van der Waals surface area contributed by atoms with Crippen molar-refractivity contribution in [2.45, 2.75) is 38.6 Å². The van der Waals surface area contributed by atoms with Crippen molar-refractivity contribution in [2.24, 2.45) is 10.9 Å². The lowest BCUT2D eigenvalue weighted by atomic mass is 9.86. The standard InChI is InChI=1S/C14H19N3S/c1-10-12(7-4-8-15-10)16-14-17-13-6-3-2-5-11(13)9-18-14/h4,7-8,11,13H,2-3,5-6,9H2,1H3,(H,16,17). The fraction of sp³-hybridized carbons (Fsp3) is 0.571. The zero-order valence-electron chi connectivity index (χ0n) is 10.7. The zero-order valence-corrected chi connectivity index (χ0v) is 11.5. The maximum absolute atomic E-state index is 4.88. The minimum Gasteiger partial charge on any atom is -0.333 e. The fourth-order valence-corrected chi connectivity index (χ4v) is 3.88. The Bertz CT molecular complexity index is 458. The smallest absolute Gasteiger partial charge is 0.161 e. The number of thioether (sulfide) groups is 1. The molecule has 1 aliphatic heterocycles. The van der Waals surface area contributed by atoms with Gasteiger partial charge in [-0.3, -0.25) is 9.98 Å². The fourth-order valence-electron chi connectivity index (χ4n) is 2.73. The van der Waals surface area contributed by atoms with Crippen LogP contribution < -0.4 is 5.32 Å². The second-order valence-electron chi connectivity index (χ2n) is 5.12. The third-order valence-corrected chi connectivity index (χ3v) is 4.91. The Morgan fingerprint density at radius 2 is 2.22 bits per heavy atom. The van der Waals surface area contributed by atoms with Gasteiger partial charge in [0.15, 0.2) is 5.17 Å². The van der Waals surface area contributed by atoms with Gasteiger partial charge in [0, 0.05) is 11.9 Å². The van der Waals surface area contributed by atoms with E-state index < -0.39 is 0 Å². The van der Waals surface area contributed by atoms with E-state index in [4.69, 9.17) is 4.99 Å². The maximum atomic E-state index is 4.88. The van der Waals surface area contributed by atoms with Gasteiger partial charge in [-0.2, -0.15) is 0 Å². The van der Waals surface area contributed by atoms with Crippen LogP contribution >= 0.6 is 11.8 Å². The molecule has 1 aliphatic carbocycles. The van der Waals surface area contributed by atoms with Crippen LogP contribution in [0.1, 0.15) is 31.4 Å². The average Bonchev–Trinajstić information content (AvgIpc) is 2.41. The van der Waals surface area contributed by atoms with Crippen molar-refractivity contribution in [3.05, 3.63) is 24.0 Å². The van der Waals surface area contributed by atoms with Crippen molar-refractivity contribution in [1.82, 2.24) is 4.98 Å². The molecule has 18 heavy (non-hydrogen) atoms. The first-order valence-corrected chi connectivity index (χ1v) is 7.71. The van der Waals surface area contributed by atoms with Gasteiger partial charge in [-0.25, -0.2) is 0 Å².